The van der Waals surface area contributed by atoms with E-state index < -0.39 is 11.7 Å². The lowest BCUT2D eigenvalue weighted by atomic mass is 10.2. The Morgan fingerprint density at radius 2 is 2.22 bits per heavy atom. The third-order valence-corrected chi connectivity index (χ3v) is 0.933. The number of hydrogen-bond donors (Lipinski definition) is 1. The first kappa shape index (κ1) is 6.45. The maximum atomic E-state index is 11.6. The second kappa shape index (κ2) is 1.93. The molecule has 50 valence electrons. The molecule has 0 saturated carbocycles. The highest BCUT2D eigenvalue weighted by molar-refractivity contribution is 5.23. The van der Waals surface area contributed by atoms with Gasteiger partial charge in [-0.25, -0.2) is 0 Å². The molecule has 0 aromatic heterocycles. The van der Waals surface area contributed by atoms with Gasteiger partial charge in [-0.05, 0) is 0 Å². The fourth-order valence-corrected chi connectivity index (χ4v) is 0.532. The van der Waals surface area contributed by atoms with Gasteiger partial charge in [0.05, 0.1) is 5.57 Å². The number of alkyl halides is 3. The minimum Gasteiger partial charge on any atom is -0.390 e. The molecule has 1 aliphatic rings. The van der Waals surface area contributed by atoms with Crippen molar-refractivity contribution in [3.05, 3.63) is 18.2 Å². The lowest BCUT2D eigenvalue weighted by Crippen LogP contribution is -2.10. The van der Waals surface area contributed by atoms with Gasteiger partial charge in [0.2, 0.25) is 0 Å². The van der Waals surface area contributed by atoms with E-state index in [0.717, 1.165) is 6.20 Å². The van der Waals surface area contributed by atoms with Crippen LogP contribution in [0.15, 0.2) is 11.8 Å². The summed E-state index contributed by atoms with van der Waals surface area (Å²) in [5.74, 6) is 0. The van der Waals surface area contributed by atoms with Gasteiger partial charge in [0.15, 0.2) is 0 Å². The molecule has 1 heterocycles. The summed E-state index contributed by atoms with van der Waals surface area (Å²) in [4.78, 5) is 0. The van der Waals surface area contributed by atoms with Crippen molar-refractivity contribution in [2.75, 3.05) is 6.54 Å². The van der Waals surface area contributed by atoms with Crippen LogP contribution in [0.25, 0.3) is 0 Å². The van der Waals surface area contributed by atoms with E-state index in [4.69, 9.17) is 0 Å². The van der Waals surface area contributed by atoms with Gasteiger partial charge in [0.25, 0.3) is 0 Å². The zero-order valence-corrected chi connectivity index (χ0v) is 4.42. The standard InChI is InChI=1S/C5H4F3N/c6-5(7,8)4-1-2-9-3-4/h3,9H,2H2. The second-order valence-electron chi connectivity index (χ2n) is 1.61. The predicted octanol–water partition coefficient (Wildman–Crippen LogP) is 1.12. The first-order chi connectivity index (χ1) is 4.11. The summed E-state index contributed by atoms with van der Waals surface area (Å²) >= 11 is 0. The van der Waals surface area contributed by atoms with E-state index >= 15 is 0 Å². The van der Waals surface area contributed by atoms with Crippen molar-refractivity contribution in [1.29, 1.82) is 0 Å². The molecular formula is C5H4F3N. The normalized spacial score (nSPS) is 19.2. The Hall–Kier alpha value is -0.670. The summed E-state index contributed by atoms with van der Waals surface area (Å²) in [6, 6.07) is 0. The second-order valence-corrected chi connectivity index (χ2v) is 1.61. The molecule has 0 aliphatic carbocycles. The minimum absolute atomic E-state index is 0.162. The Balaban J connectivity index is 2.61. The van der Waals surface area contributed by atoms with Crippen LogP contribution < -0.4 is 5.32 Å². The number of rotatable bonds is 0. The number of nitrogens with one attached hydrogen (secondary N) is 1. The van der Waals surface area contributed by atoms with Gasteiger partial charge in [-0.3, -0.25) is 0 Å². The molecule has 1 rings (SSSR count). The molecule has 0 aromatic rings. The summed E-state index contributed by atoms with van der Waals surface area (Å²) in [7, 11) is 0. The SMILES string of the molecule is FC(F)(F)C1=CNC[C]1. The van der Waals surface area contributed by atoms with Crippen LogP contribution in [0.1, 0.15) is 0 Å². The molecule has 4 heteroatoms. The Morgan fingerprint density at radius 3 is 2.44 bits per heavy atom. The van der Waals surface area contributed by atoms with Crippen molar-refractivity contribution in [2.45, 2.75) is 6.18 Å². The van der Waals surface area contributed by atoms with Crippen molar-refractivity contribution in [3.63, 3.8) is 0 Å². The largest absolute Gasteiger partial charge is 0.414 e. The van der Waals surface area contributed by atoms with Gasteiger partial charge < -0.3 is 5.32 Å². The van der Waals surface area contributed by atoms with Crippen LogP contribution in [-0.2, 0) is 0 Å². The van der Waals surface area contributed by atoms with E-state index in [1.165, 1.54) is 0 Å². The summed E-state index contributed by atoms with van der Waals surface area (Å²) in [5.41, 5.74) is -0.706. The van der Waals surface area contributed by atoms with E-state index in [2.05, 4.69) is 11.7 Å². The van der Waals surface area contributed by atoms with Gasteiger partial charge in [-0.1, -0.05) is 0 Å². The van der Waals surface area contributed by atoms with Crippen LogP contribution in [-0.4, -0.2) is 12.7 Å². The Morgan fingerprint density at radius 1 is 1.56 bits per heavy atom. The molecular weight excluding hydrogens is 131 g/mol. The Labute approximate surface area is 50.6 Å². The van der Waals surface area contributed by atoms with Gasteiger partial charge in [-0.2, -0.15) is 13.2 Å². The number of hydrogen-bond acceptors (Lipinski definition) is 1. The fraction of sp³-hybridized carbons (Fsp3) is 0.400. The highest BCUT2D eigenvalue weighted by Gasteiger charge is 2.34. The van der Waals surface area contributed by atoms with E-state index in [9.17, 15) is 13.2 Å². The molecule has 0 atom stereocenters. The first-order valence-electron chi connectivity index (χ1n) is 2.35. The third kappa shape index (κ3) is 1.37. The van der Waals surface area contributed by atoms with Gasteiger partial charge in [0, 0.05) is 19.2 Å². The van der Waals surface area contributed by atoms with Crippen LogP contribution in [0.3, 0.4) is 0 Å². The molecule has 9 heavy (non-hydrogen) atoms. The minimum atomic E-state index is -4.23. The first-order valence-corrected chi connectivity index (χ1v) is 2.35. The van der Waals surface area contributed by atoms with Crippen molar-refractivity contribution in [3.8, 4) is 0 Å². The topological polar surface area (TPSA) is 12.0 Å². The monoisotopic (exact) mass is 135 g/mol. The van der Waals surface area contributed by atoms with Gasteiger partial charge >= 0.3 is 6.18 Å². The molecule has 0 saturated heterocycles. The van der Waals surface area contributed by atoms with Crippen LogP contribution in [0.5, 0.6) is 0 Å². The smallest absolute Gasteiger partial charge is 0.390 e. The van der Waals surface area contributed by atoms with E-state index in [1.807, 2.05) is 0 Å². The van der Waals surface area contributed by atoms with Gasteiger partial charge in [0.1, 0.15) is 0 Å². The average Bonchev–Trinajstić information content (AvgIpc) is 2.08. The van der Waals surface area contributed by atoms with Crippen molar-refractivity contribution in [1.82, 2.24) is 5.32 Å². The molecule has 0 aromatic carbocycles. The van der Waals surface area contributed by atoms with E-state index in [-0.39, 0.29) is 6.54 Å². The molecule has 1 aliphatic heterocycles. The summed E-state index contributed by atoms with van der Waals surface area (Å²) in [6.07, 6.45) is -1.19. The molecule has 0 bridgehead atoms. The lowest BCUT2D eigenvalue weighted by Gasteiger charge is -2.03. The predicted molar refractivity (Wildman–Crippen MR) is 25.4 cm³/mol. The Kier molecular flexibility index (Phi) is 1.38. The maximum absolute atomic E-state index is 11.6. The highest BCUT2D eigenvalue weighted by atomic mass is 19.4. The van der Waals surface area contributed by atoms with Crippen molar-refractivity contribution >= 4 is 0 Å². The summed E-state index contributed by atoms with van der Waals surface area (Å²) < 4.78 is 34.8. The maximum Gasteiger partial charge on any atom is 0.414 e. The summed E-state index contributed by atoms with van der Waals surface area (Å²) in [6.45, 7) is 0.162. The van der Waals surface area contributed by atoms with Crippen LogP contribution in [0, 0.1) is 6.42 Å². The molecule has 2 radical (unpaired) electrons. The molecule has 1 N–H and O–H groups in total. The Bertz CT molecular complexity index is 136. The number of halogens is 3. The van der Waals surface area contributed by atoms with Crippen LogP contribution in [0.2, 0.25) is 0 Å². The average molecular weight is 135 g/mol. The highest BCUT2D eigenvalue weighted by Crippen LogP contribution is 2.28. The molecule has 1 nitrogen and oxygen atoms in total. The zero-order chi connectivity index (χ0) is 6.91. The van der Waals surface area contributed by atoms with Gasteiger partial charge in [-0.15, -0.1) is 0 Å². The molecule has 0 spiro atoms. The molecule has 0 amide bonds. The zero-order valence-electron chi connectivity index (χ0n) is 4.42. The molecule has 0 unspecified atom stereocenters. The van der Waals surface area contributed by atoms with Crippen LogP contribution >= 0.6 is 0 Å². The summed E-state index contributed by atoms with van der Waals surface area (Å²) in [5, 5.41) is 2.39. The van der Waals surface area contributed by atoms with Crippen molar-refractivity contribution < 1.29 is 13.2 Å². The van der Waals surface area contributed by atoms with E-state index in [0.29, 0.717) is 0 Å². The van der Waals surface area contributed by atoms with Crippen molar-refractivity contribution in [2.24, 2.45) is 0 Å². The quantitative estimate of drug-likeness (QED) is 0.524. The lowest BCUT2D eigenvalue weighted by molar-refractivity contribution is -0.0893. The molecule has 0 fully saturated rings. The van der Waals surface area contributed by atoms with Crippen LogP contribution in [0.4, 0.5) is 13.2 Å². The third-order valence-electron chi connectivity index (χ3n) is 0.933. The van der Waals surface area contributed by atoms with E-state index in [1.54, 1.807) is 0 Å². The fourth-order valence-electron chi connectivity index (χ4n) is 0.532.